The number of rotatable bonds is 4. The molecule has 5 aliphatic rings. The minimum absolute atomic E-state index is 0.137. The molecule has 26 heavy (non-hydrogen) atoms. The van der Waals surface area contributed by atoms with Crippen LogP contribution in [0.2, 0.25) is 0 Å². The van der Waals surface area contributed by atoms with Crippen LogP contribution < -0.4 is 4.90 Å². The molecule has 0 N–H and O–H groups in total. The second-order valence-corrected chi connectivity index (χ2v) is 11.0. The van der Waals surface area contributed by atoms with Gasteiger partial charge >= 0.3 is 0 Å². The summed E-state index contributed by atoms with van der Waals surface area (Å²) < 4.78 is 0. The summed E-state index contributed by atoms with van der Waals surface area (Å²) in [4.78, 5) is 21.9. The molecule has 2 unspecified atom stereocenters. The molecule has 5 aliphatic carbocycles. The van der Waals surface area contributed by atoms with E-state index in [0.29, 0.717) is 18.4 Å². The van der Waals surface area contributed by atoms with Gasteiger partial charge in [-0.3, -0.25) is 9.69 Å². The van der Waals surface area contributed by atoms with E-state index in [1.807, 2.05) is 11.0 Å². The molecule has 4 bridgehead atoms. The van der Waals surface area contributed by atoms with E-state index >= 15 is 0 Å². The third kappa shape index (κ3) is 2.67. The first-order valence-electron chi connectivity index (χ1n) is 10.1. The van der Waals surface area contributed by atoms with E-state index in [9.17, 15) is 4.79 Å². The van der Waals surface area contributed by atoms with E-state index in [2.05, 4.69) is 6.58 Å². The molecule has 3 nitrogen and oxygen atoms in total. The largest absolute Gasteiger partial charge is 0.284 e. The Morgan fingerprint density at radius 1 is 1.27 bits per heavy atom. The van der Waals surface area contributed by atoms with Gasteiger partial charge in [0.25, 0.3) is 0 Å². The Balaban J connectivity index is 1.48. The molecule has 1 aromatic heterocycles. The van der Waals surface area contributed by atoms with Gasteiger partial charge in [-0.25, -0.2) is 4.98 Å². The summed E-state index contributed by atoms with van der Waals surface area (Å²) in [6.07, 6.45) is 12.9. The van der Waals surface area contributed by atoms with Gasteiger partial charge in [-0.15, -0.1) is 29.5 Å². The molecule has 0 aliphatic heterocycles. The van der Waals surface area contributed by atoms with Crippen LogP contribution in [0.25, 0.3) is 0 Å². The van der Waals surface area contributed by atoms with Crippen LogP contribution in [0.1, 0.15) is 61.9 Å². The number of hydrogen-bond donors (Lipinski definition) is 0. The fourth-order valence-electron chi connectivity index (χ4n) is 6.52. The number of aryl methyl sites for hydroxylation is 2. The lowest BCUT2D eigenvalue weighted by Gasteiger charge is -2.59. The lowest BCUT2D eigenvalue weighted by atomic mass is 9.49. The van der Waals surface area contributed by atoms with E-state index in [1.165, 1.54) is 29.8 Å². The number of anilines is 1. The number of halogens is 1. The van der Waals surface area contributed by atoms with Crippen LogP contribution in [-0.4, -0.2) is 22.3 Å². The van der Waals surface area contributed by atoms with Crippen LogP contribution in [0.3, 0.4) is 0 Å². The molecule has 6 rings (SSSR count). The Morgan fingerprint density at radius 3 is 2.65 bits per heavy atom. The van der Waals surface area contributed by atoms with Crippen molar-refractivity contribution in [2.75, 3.05) is 11.4 Å². The highest BCUT2D eigenvalue weighted by Gasteiger charge is 2.61. The summed E-state index contributed by atoms with van der Waals surface area (Å²) in [6, 6.07) is 0. The van der Waals surface area contributed by atoms with Gasteiger partial charge in [0, 0.05) is 16.3 Å². The third-order valence-corrected chi connectivity index (χ3v) is 8.69. The molecule has 140 valence electrons. The molecule has 4 fully saturated rings. The minimum Gasteiger partial charge on any atom is -0.284 e. The number of thiazole rings is 1. The maximum Gasteiger partial charge on any atom is 0.235 e. The Bertz CT molecular complexity index is 720. The second-order valence-electron chi connectivity index (χ2n) is 9.17. The maximum atomic E-state index is 13.8. The molecule has 1 amide bonds. The van der Waals surface area contributed by atoms with Crippen molar-refractivity contribution in [3.8, 4) is 0 Å². The molecular formula is C21H27ClN2OS. The fraction of sp³-hybridized carbons (Fsp3) is 0.714. The van der Waals surface area contributed by atoms with Crippen molar-refractivity contribution in [1.29, 1.82) is 0 Å². The Morgan fingerprint density at radius 2 is 2.00 bits per heavy atom. The zero-order valence-electron chi connectivity index (χ0n) is 15.3. The van der Waals surface area contributed by atoms with E-state index < -0.39 is 0 Å². The maximum absolute atomic E-state index is 13.8. The zero-order chi connectivity index (χ0) is 17.9. The average Bonchev–Trinajstić information content (AvgIpc) is 3.00. The summed E-state index contributed by atoms with van der Waals surface area (Å²) in [5, 5.41) is 0.890. The number of hydrogen-bond acceptors (Lipinski definition) is 3. The predicted molar refractivity (Wildman–Crippen MR) is 107 cm³/mol. The number of alkyl halides is 1. The molecule has 1 heterocycles. The first kappa shape index (κ1) is 17.2. The Labute approximate surface area is 164 Å². The number of amides is 1. The molecule has 0 radical (unpaired) electrons. The lowest BCUT2D eigenvalue weighted by molar-refractivity contribution is -0.141. The minimum atomic E-state index is -0.263. The van der Waals surface area contributed by atoms with E-state index in [1.54, 1.807) is 11.3 Å². The van der Waals surface area contributed by atoms with Crippen LogP contribution in [0, 0.1) is 17.3 Å². The van der Waals surface area contributed by atoms with E-state index in [-0.39, 0.29) is 16.2 Å². The summed E-state index contributed by atoms with van der Waals surface area (Å²) in [5.74, 6) is 1.53. The van der Waals surface area contributed by atoms with Crippen LogP contribution >= 0.6 is 22.9 Å². The molecule has 0 spiro atoms. The molecule has 1 aromatic rings. The van der Waals surface area contributed by atoms with Crippen LogP contribution in [0.15, 0.2) is 12.7 Å². The highest BCUT2D eigenvalue weighted by molar-refractivity contribution is 7.16. The average molecular weight is 391 g/mol. The molecule has 4 saturated carbocycles. The Kier molecular flexibility index (Phi) is 4.02. The monoisotopic (exact) mass is 390 g/mol. The van der Waals surface area contributed by atoms with Crippen LogP contribution in [-0.2, 0) is 17.6 Å². The third-order valence-electron chi connectivity index (χ3n) is 7.07. The summed E-state index contributed by atoms with van der Waals surface area (Å²) in [5.41, 5.74) is 0.957. The molecule has 5 heteroatoms. The summed E-state index contributed by atoms with van der Waals surface area (Å²) in [7, 11) is 0. The van der Waals surface area contributed by atoms with Crippen molar-refractivity contribution in [3.63, 3.8) is 0 Å². The van der Waals surface area contributed by atoms with Crippen LogP contribution in [0.5, 0.6) is 0 Å². The quantitative estimate of drug-likeness (QED) is 0.528. The van der Waals surface area contributed by atoms with Gasteiger partial charge in [0.1, 0.15) is 0 Å². The fourth-order valence-corrected chi connectivity index (χ4v) is 8.37. The standard InChI is InChI=1S/C21H27ClN2OS/c1-2-7-24(19-23-16-5-3-4-6-17(16)26-19)18(25)20-9-14-8-15(10-20)12-21(22,11-14)13-20/h2,14-15H,1,3-13H2. The number of aromatic nitrogens is 1. The van der Waals surface area contributed by atoms with Crippen molar-refractivity contribution < 1.29 is 4.79 Å². The van der Waals surface area contributed by atoms with Crippen molar-refractivity contribution >= 4 is 34.0 Å². The van der Waals surface area contributed by atoms with Crippen molar-refractivity contribution in [1.82, 2.24) is 4.98 Å². The first-order chi connectivity index (χ1) is 12.5. The number of carbonyl (C=O) groups is 1. The molecule has 2 atom stereocenters. The van der Waals surface area contributed by atoms with Gasteiger partial charge < -0.3 is 0 Å². The number of nitrogens with zero attached hydrogens (tertiary/aromatic N) is 2. The van der Waals surface area contributed by atoms with E-state index in [0.717, 1.165) is 50.1 Å². The van der Waals surface area contributed by atoms with Gasteiger partial charge in [0.05, 0.1) is 11.1 Å². The second kappa shape index (κ2) is 6.07. The van der Waals surface area contributed by atoms with Gasteiger partial charge in [-0.05, 0) is 76.0 Å². The molecule has 0 saturated heterocycles. The van der Waals surface area contributed by atoms with Crippen molar-refractivity contribution in [3.05, 3.63) is 23.2 Å². The lowest BCUT2D eigenvalue weighted by Crippen LogP contribution is -2.59. The normalized spacial score (nSPS) is 37.4. The van der Waals surface area contributed by atoms with Crippen molar-refractivity contribution in [2.24, 2.45) is 17.3 Å². The predicted octanol–water partition coefficient (Wildman–Crippen LogP) is 5.12. The van der Waals surface area contributed by atoms with Gasteiger partial charge in [-0.2, -0.15) is 0 Å². The number of carbonyl (C=O) groups excluding carboxylic acids is 1. The van der Waals surface area contributed by atoms with E-state index in [4.69, 9.17) is 16.6 Å². The summed E-state index contributed by atoms with van der Waals surface area (Å²) >= 11 is 8.70. The van der Waals surface area contributed by atoms with Crippen molar-refractivity contribution in [2.45, 2.75) is 69.1 Å². The topological polar surface area (TPSA) is 33.2 Å². The SMILES string of the molecule is C=CCN(C(=O)C12CC3CC(CC(Cl)(C3)C1)C2)c1nc2c(s1)CCCC2. The van der Waals surface area contributed by atoms with Gasteiger partial charge in [-0.1, -0.05) is 6.08 Å². The zero-order valence-corrected chi connectivity index (χ0v) is 16.9. The Hall–Kier alpha value is -0.870. The highest BCUT2D eigenvalue weighted by atomic mass is 35.5. The molecule has 0 aromatic carbocycles. The first-order valence-corrected chi connectivity index (χ1v) is 11.3. The van der Waals surface area contributed by atoms with Gasteiger partial charge in [0.2, 0.25) is 5.91 Å². The number of fused-ring (bicyclic) bond motifs is 1. The smallest absolute Gasteiger partial charge is 0.235 e. The van der Waals surface area contributed by atoms with Gasteiger partial charge in [0.15, 0.2) is 5.13 Å². The van der Waals surface area contributed by atoms with Crippen LogP contribution in [0.4, 0.5) is 5.13 Å². The molecular weight excluding hydrogens is 364 g/mol. The summed E-state index contributed by atoms with van der Waals surface area (Å²) in [6.45, 7) is 4.46. The highest BCUT2D eigenvalue weighted by Crippen LogP contribution is 2.64.